The number of benzene rings is 1. The lowest BCUT2D eigenvalue weighted by Crippen LogP contribution is -2.41. The lowest BCUT2D eigenvalue weighted by Gasteiger charge is -2.31. The van der Waals surface area contributed by atoms with Gasteiger partial charge in [-0.3, -0.25) is 4.79 Å². The highest BCUT2D eigenvalue weighted by Crippen LogP contribution is 2.48. The van der Waals surface area contributed by atoms with Crippen LogP contribution in [0.15, 0.2) is 24.3 Å². The molecule has 1 aliphatic heterocycles. The van der Waals surface area contributed by atoms with E-state index in [0.717, 1.165) is 30.4 Å². The second kappa shape index (κ2) is 4.13. The minimum absolute atomic E-state index is 0.221. The zero-order valence-electron chi connectivity index (χ0n) is 9.79. The summed E-state index contributed by atoms with van der Waals surface area (Å²) in [6.45, 7) is 1.80. The van der Waals surface area contributed by atoms with Crippen LogP contribution in [0.2, 0.25) is 0 Å². The highest BCUT2D eigenvalue weighted by molar-refractivity contribution is 9.09. The van der Waals surface area contributed by atoms with Crippen LogP contribution < -0.4 is 0 Å². The topological polar surface area (TPSA) is 20.3 Å². The number of rotatable bonds is 3. The Morgan fingerprint density at radius 1 is 1.29 bits per heavy atom. The average Bonchev–Trinajstić information content (AvgIpc) is 3.14. The molecule has 0 N–H and O–H groups in total. The first-order valence-corrected chi connectivity index (χ1v) is 7.29. The highest BCUT2D eigenvalue weighted by Gasteiger charge is 2.44. The summed E-state index contributed by atoms with van der Waals surface area (Å²) in [4.78, 5) is 14.4. The Labute approximate surface area is 110 Å². The normalized spacial score (nSPS) is 21.2. The molecule has 2 nitrogen and oxygen atoms in total. The molecule has 90 valence electrons. The van der Waals surface area contributed by atoms with E-state index in [1.165, 1.54) is 18.4 Å². The Balaban J connectivity index is 1.80. The predicted octanol–water partition coefficient (Wildman–Crippen LogP) is 2.86. The fourth-order valence-electron chi connectivity index (χ4n) is 2.54. The Morgan fingerprint density at radius 2 is 2.06 bits per heavy atom. The van der Waals surface area contributed by atoms with Crippen LogP contribution >= 0.6 is 15.9 Å². The second-order valence-corrected chi connectivity index (χ2v) is 5.83. The summed E-state index contributed by atoms with van der Waals surface area (Å²) in [5.74, 6) is 0.221. The first-order valence-electron chi connectivity index (χ1n) is 6.17. The molecule has 0 spiro atoms. The van der Waals surface area contributed by atoms with Gasteiger partial charge < -0.3 is 4.90 Å². The van der Waals surface area contributed by atoms with Crippen LogP contribution in [-0.2, 0) is 6.42 Å². The number of nitrogens with zero attached hydrogens (tertiary/aromatic N) is 1. The van der Waals surface area contributed by atoms with Crippen LogP contribution in [0.1, 0.15) is 28.8 Å². The molecule has 1 fully saturated rings. The lowest BCUT2D eigenvalue weighted by molar-refractivity contribution is 0.0709. The molecule has 17 heavy (non-hydrogen) atoms. The third-order valence-electron chi connectivity index (χ3n) is 3.95. The molecule has 3 rings (SSSR count). The van der Waals surface area contributed by atoms with Crippen LogP contribution in [0.3, 0.4) is 0 Å². The van der Waals surface area contributed by atoms with Crippen molar-refractivity contribution in [2.24, 2.45) is 5.41 Å². The minimum Gasteiger partial charge on any atom is -0.338 e. The summed E-state index contributed by atoms with van der Waals surface area (Å²) in [5.41, 5.74) is 2.49. The Kier molecular flexibility index (Phi) is 2.74. The molecular weight excluding hydrogens is 278 g/mol. The van der Waals surface area contributed by atoms with Gasteiger partial charge in [0.25, 0.3) is 5.91 Å². The van der Waals surface area contributed by atoms with E-state index in [9.17, 15) is 4.79 Å². The van der Waals surface area contributed by atoms with Gasteiger partial charge >= 0.3 is 0 Å². The van der Waals surface area contributed by atoms with Gasteiger partial charge in [-0.15, -0.1) is 0 Å². The van der Waals surface area contributed by atoms with E-state index in [1.54, 1.807) is 0 Å². The van der Waals surface area contributed by atoms with E-state index >= 15 is 0 Å². The van der Waals surface area contributed by atoms with Gasteiger partial charge in [0.15, 0.2) is 0 Å². The van der Waals surface area contributed by atoms with E-state index in [0.29, 0.717) is 5.41 Å². The van der Waals surface area contributed by atoms with Crippen molar-refractivity contribution in [2.45, 2.75) is 19.3 Å². The molecule has 0 unspecified atom stereocenters. The second-order valence-electron chi connectivity index (χ2n) is 5.27. The number of hydrogen-bond acceptors (Lipinski definition) is 1. The number of amides is 1. The van der Waals surface area contributed by atoms with Gasteiger partial charge in [-0.1, -0.05) is 34.1 Å². The van der Waals surface area contributed by atoms with Crippen molar-refractivity contribution in [3.63, 3.8) is 0 Å². The van der Waals surface area contributed by atoms with Crippen LogP contribution in [0, 0.1) is 5.41 Å². The minimum atomic E-state index is 0.221. The van der Waals surface area contributed by atoms with Crippen molar-refractivity contribution in [3.05, 3.63) is 35.4 Å². The number of carbonyl (C=O) groups excluding carboxylic acids is 1. The largest absolute Gasteiger partial charge is 0.338 e. The first kappa shape index (κ1) is 11.3. The fraction of sp³-hybridized carbons (Fsp3) is 0.500. The molecule has 0 saturated heterocycles. The van der Waals surface area contributed by atoms with E-state index in [-0.39, 0.29) is 5.91 Å². The van der Waals surface area contributed by atoms with Crippen LogP contribution in [0.5, 0.6) is 0 Å². The van der Waals surface area contributed by atoms with E-state index in [4.69, 9.17) is 0 Å². The van der Waals surface area contributed by atoms with Crippen molar-refractivity contribution in [2.75, 3.05) is 18.4 Å². The van der Waals surface area contributed by atoms with Crippen molar-refractivity contribution >= 4 is 21.8 Å². The molecule has 1 amide bonds. The molecule has 0 atom stereocenters. The molecule has 0 aromatic heterocycles. The quantitative estimate of drug-likeness (QED) is 0.785. The molecule has 1 saturated carbocycles. The highest BCUT2D eigenvalue weighted by atomic mass is 79.9. The van der Waals surface area contributed by atoms with Gasteiger partial charge in [0.1, 0.15) is 0 Å². The fourth-order valence-corrected chi connectivity index (χ4v) is 3.28. The van der Waals surface area contributed by atoms with Crippen molar-refractivity contribution in [1.82, 2.24) is 4.90 Å². The predicted molar refractivity (Wildman–Crippen MR) is 71.5 cm³/mol. The SMILES string of the molecule is O=C1c2ccccc2CCN1CC1(CBr)CC1. The smallest absolute Gasteiger partial charge is 0.254 e. The molecule has 1 aromatic carbocycles. The monoisotopic (exact) mass is 293 g/mol. The summed E-state index contributed by atoms with van der Waals surface area (Å²) in [6.07, 6.45) is 3.51. The van der Waals surface area contributed by atoms with Gasteiger partial charge in [-0.25, -0.2) is 0 Å². The molecule has 3 heteroatoms. The van der Waals surface area contributed by atoms with E-state index in [1.807, 2.05) is 23.1 Å². The van der Waals surface area contributed by atoms with Crippen molar-refractivity contribution in [3.8, 4) is 0 Å². The molecule has 2 aliphatic rings. The first-order chi connectivity index (χ1) is 8.24. The number of alkyl halides is 1. The van der Waals surface area contributed by atoms with Gasteiger partial charge in [0, 0.05) is 24.0 Å². The van der Waals surface area contributed by atoms with Crippen LogP contribution in [-0.4, -0.2) is 29.2 Å². The average molecular weight is 294 g/mol. The zero-order valence-corrected chi connectivity index (χ0v) is 11.4. The maximum absolute atomic E-state index is 12.3. The number of halogens is 1. The summed E-state index contributed by atoms with van der Waals surface area (Å²) in [5, 5.41) is 1.02. The van der Waals surface area contributed by atoms with Gasteiger partial charge in [0.05, 0.1) is 0 Å². The lowest BCUT2D eigenvalue weighted by atomic mass is 9.98. The summed E-state index contributed by atoms with van der Waals surface area (Å²) >= 11 is 3.57. The van der Waals surface area contributed by atoms with Gasteiger partial charge in [-0.2, -0.15) is 0 Å². The maximum Gasteiger partial charge on any atom is 0.254 e. The van der Waals surface area contributed by atoms with Crippen LogP contribution in [0.25, 0.3) is 0 Å². The number of hydrogen-bond donors (Lipinski definition) is 0. The third-order valence-corrected chi connectivity index (χ3v) is 5.14. The molecule has 0 radical (unpaired) electrons. The molecule has 1 heterocycles. The number of fused-ring (bicyclic) bond motifs is 1. The number of carbonyl (C=O) groups is 1. The van der Waals surface area contributed by atoms with E-state index < -0.39 is 0 Å². The maximum atomic E-state index is 12.3. The summed E-state index contributed by atoms with van der Waals surface area (Å²) in [7, 11) is 0. The van der Waals surface area contributed by atoms with Gasteiger partial charge in [-0.05, 0) is 36.3 Å². The van der Waals surface area contributed by atoms with Crippen LogP contribution in [0.4, 0.5) is 0 Å². The Morgan fingerprint density at radius 3 is 2.76 bits per heavy atom. The molecular formula is C14H16BrNO. The molecule has 1 aliphatic carbocycles. The molecule has 1 aromatic rings. The van der Waals surface area contributed by atoms with Crippen molar-refractivity contribution in [1.29, 1.82) is 0 Å². The summed E-state index contributed by atoms with van der Waals surface area (Å²) in [6, 6.07) is 8.00. The molecule has 0 bridgehead atoms. The standard InChI is InChI=1S/C14H16BrNO/c15-9-14(6-7-14)10-16-8-5-11-3-1-2-4-12(11)13(16)17/h1-4H,5-10H2. The zero-order chi connectivity index (χ0) is 11.9. The van der Waals surface area contributed by atoms with E-state index in [2.05, 4.69) is 22.0 Å². The van der Waals surface area contributed by atoms with Crippen molar-refractivity contribution < 1.29 is 4.79 Å². The summed E-state index contributed by atoms with van der Waals surface area (Å²) < 4.78 is 0. The van der Waals surface area contributed by atoms with Gasteiger partial charge in [0.2, 0.25) is 0 Å². The third kappa shape index (κ3) is 2.01. The Bertz CT molecular complexity index is 453. The Hall–Kier alpha value is -0.830.